The van der Waals surface area contributed by atoms with Crippen molar-refractivity contribution in [2.24, 2.45) is 0 Å². The van der Waals surface area contributed by atoms with Crippen molar-refractivity contribution in [1.29, 1.82) is 0 Å². The summed E-state index contributed by atoms with van der Waals surface area (Å²) in [6, 6.07) is 8.26. The molecule has 0 aliphatic carbocycles. The van der Waals surface area contributed by atoms with Gasteiger partial charge in [-0.05, 0) is 39.7 Å². The lowest BCUT2D eigenvalue weighted by Crippen LogP contribution is -2.30. The van der Waals surface area contributed by atoms with E-state index in [-0.39, 0.29) is 24.9 Å². The topological polar surface area (TPSA) is 91.4 Å². The zero-order valence-electron chi connectivity index (χ0n) is 12.5. The number of pyridine rings is 1. The quantitative estimate of drug-likeness (QED) is 0.784. The van der Waals surface area contributed by atoms with Crippen LogP contribution in [0.3, 0.4) is 0 Å². The van der Waals surface area contributed by atoms with Crippen LogP contribution in [0.4, 0.5) is 10.5 Å². The summed E-state index contributed by atoms with van der Waals surface area (Å²) in [4.78, 5) is 40.5. The van der Waals surface area contributed by atoms with Crippen LogP contribution in [0.15, 0.2) is 47.2 Å². The summed E-state index contributed by atoms with van der Waals surface area (Å²) in [5.74, 6) is -0.564. The highest BCUT2D eigenvalue weighted by Gasteiger charge is 2.28. The van der Waals surface area contributed by atoms with Gasteiger partial charge >= 0.3 is 6.03 Å². The summed E-state index contributed by atoms with van der Waals surface area (Å²) in [5.41, 5.74) is 1.74. The van der Waals surface area contributed by atoms with E-state index in [2.05, 4.69) is 31.5 Å². The average Bonchev–Trinajstić information content (AvgIpc) is 2.87. The molecule has 2 heterocycles. The second-order valence-electron chi connectivity index (χ2n) is 5.18. The van der Waals surface area contributed by atoms with Crippen molar-refractivity contribution in [3.05, 3.63) is 58.3 Å². The number of imide groups is 1. The van der Waals surface area contributed by atoms with E-state index >= 15 is 0 Å². The fourth-order valence-electron chi connectivity index (χ4n) is 2.28. The first-order valence-electron chi connectivity index (χ1n) is 7.12. The van der Waals surface area contributed by atoms with Gasteiger partial charge in [-0.2, -0.15) is 0 Å². The molecule has 0 unspecified atom stereocenters. The van der Waals surface area contributed by atoms with Crippen molar-refractivity contribution in [2.45, 2.75) is 6.54 Å². The van der Waals surface area contributed by atoms with E-state index in [0.717, 1.165) is 10.5 Å². The van der Waals surface area contributed by atoms with Crippen molar-refractivity contribution in [2.75, 3.05) is 11.9 Å². The highest BCUT2D eigenvalue weighted by Crippen LogP contribution is 2.16. The first-order chi connectivity index (χ1) is 11.5. The first kappa shape index (κ1) is 16.1. The molecule has 0 saturated carbocycles. The second-order valence-corrected chi connectivity index (χ2v) is 6.10. The average molecular weight is 389 g/mol. The number of nitrogens with zero attached hydrogens (tertiary/aromatic N) is 2. The molecule has 122 valence electrons. The molecule has 1 aromatic heterocycles. The number of aromatic nitrogens is 1. The number of amides is 4. The molecule has 1 aliphatic rings. The van der Waals surface area contributed by atoms with Crippen LogP contribution >= 0.6 is 15.9 Å². The Labute approximate surface area is 146 Å². The zero-order chi connectivity index (χ0) is 17.1. The van der Waals surface area contributed by atoms with Gasteiger partial charge < -0.3 is 10.6 Å². The van der Waals surface area contributed by atoms with Gasteiger partial charge in [-0.15, -0.1) is 0 Å². The maximum atomic E-state index is 12.2. The van der Waals surface area contributed by atoms with Crippen LogP contribution in [0.2, 0.25) is 0 Å². The van der Waals surface area contributed by atoms with E-state index in [9.17, 15) is 14.4 Å². The summed E-state index contributed by atoms with van der Waals surface area (Å²) in [6.07, 6.45) is 3.06. The van der Waals surface area contributed by atoms with Crippen molar-refractivity contribution in [3.63, 3.8) is 0 Å². The molecule has 3 rings (SSSR count). The predicted octanol–water partition coefficient (Wildman–Crippen LogP) is 2.15. The van der Waals surface area contributed by atoms with Gasteiger partial charge in [0, 0.05) is 22.6 Å². The maximum absolute atomic E-state index is 12.2. The maximum Gasteiger partial charge on any atom is 0.324 e. The molecule has 0 spiro atoms. The van der Waals surface area contributed by atoms with E-state index in [1.807, 2.05) is 0 Å². The first-order valence-corrected chi connectivity index (χ1v) is 7.91. The Hall–Kier alpha value is -2.74. The van der Waals surface area contributed by atoms with Gasteiger partial charge in [-0.25, -0.2) is 4.79 Å². The molecule has 0 radical (unpaired) electrons. The predicted molar refractivity (Wildman–Crippen MR) is 90.3 cm³/mol. The zero-order valence-corrected chi connectivity index (χ0v) is 14.0. The van der Waals surface area contributed by atoms with Crippen LogP contribution in [0.25, 0.3) is 0 Å². The molecule has 0 atom stereocenters. The lowest BCUT2D eigenvalue weighted by Gasteiger charge is -2.13. The molecular formula is C16H13BrN4O3. The van der Waals surface area contributed by atoms with Gasteiger partial charge in [0.05, 0.1) is 18.7 Å². The van der Waals surface area contributed by atoms with Crippen molar-refractivity contribution >= 4 is 39.5 Å². The molecule has 2 N–H and O–H groups in total. The molecule has 24 heavy (non-hydrogen) atoms. The van der Waals surface area contributed by atoms with Gasteiger partial charge in [0.1, 0.15) is 0 Å². The molecule has 1 aromatic carbocycles. The second kappa shape index (κ2) is 6.79. The smallest absolute Gasteiger partial charge is 0.324 e. The number of hydrogen-bond acceptors (Lipinski definition) is 4. The monoisotopic (exact) mass is 388 g/mol. The number of benzene rings is 1. The minimum absolute atomic E-state index is 0.0190. The normalized spacial score (nSPS) is 13.8. The Kier molecular flexibility index (Phi) is 4.57. The summed E-state index contributed by atoms with van der Waals surface area (Å²) in [5, 5.41) is 5.24. The molecule has 0 bridgehead atoms. The number of halogens is 1. The van der Waals surface area contributed by atoms with E-state index in [4.69, 9.17) is 0 Å². The summed E-state index contributed by atoms with van der Waals surface area (Å²) < 4.78 is 0.711. The molecule has 2 aromatic rings. The number of hydrogen-bond donors (Lipinski definition) is 2. The largest absolute Gasteiger partial charge is 0.329 e. The van der Waals surface area contributed by atoms with Crippen molar-refractivity contribution in [3.8, 4) is 0 Å². The number of carbonyl (C=O) groups excluding carboxylic acids is 3. The Morgan fingerprint density at radius 2 is 2.12 bits per heavy atom. The molecule has 1 saturated heterocycles. The highest BCUT2D eigenvalue weighted by atomic mass is 79.9. The number of carbonyl (C=O) groups is 3. The van der Waals surface area contributed by atoms with E-state index < -0.39 is 6.03 Å². The number of nitrogens with one attached hydrogen (secondary N) is 2. The third-order valence-corrected chi connectivity index (χ3v) is 3.86. The third-order valence-electron chi connectivity index (χ3n) is 3.43. The molecule has 8 heteroatoms. The molecule has 7 nitrogen and oxygen atoms in total. The molecule has 4 amide bonds. The minimum Gasteiger partial charge on any atom is -0.329 e. The summed E-state index contributed by atoms with van der Waals surface area (Å²) in [6.45, 7) is 0.179. The third kappa shape index (κ3) is 3.60. The van der Waals surface area contributed by atoms with E-state index in [0.29, 0.717) is 15.7 Å². The fraction of sp³-hybridized carbons (Fsp3) is 0.125. The van der Waals surface area contributed by atoms with Crippen LogP contribution in [-0.4, -0.2) is 34.3 Å². The van der Waals surface area contributed by atoms with Gasteiger partial charge in [-0.3, -0.25) is 19.5 Å². The highest BCUT2D eigenvalue weighted by molar-refractivity contribution is 9.10. The Bertz CT molecular complexity index is 808. The molecule has 1 aliphatic heterocycles. The Morgan fingerprint density at radius 3 is 2.83 bits per heavy atom. The van der Waals surface area contributed by atoms with Crippen LogP contribution in [0, 0.1) is 0 Å². The number of urea groups is 1. The van der Waals surface area contributed by atoms with Crippen molar-refractivity contribution < 1.29 is 14.4 Å². The van der Waals surface area contributed by atoms with E-state index in [1.54, 1.807) is 36.5 Å². The standard InChI is InChI=1S/C16H13BrN4O3/c17-12-5-11(6-18-7-12)15(23)20-13-3-1-2-10(4-13)9-21-14(22)8-19-16(21)24/h1-7H,8-9H2,(H,19,24)(H,20,23). The number of rotatable bonds is 4. The Morgan fingerprint density at radius 1 is 1.29 bits per heavy atom. The van der Waals surface area contributed by atoms with Gasteiger partial charge in [0.25, 0.3) is 5.91 Å². The van der Waals surface area contributed by atoms with Crippen LogP contribution < -0.4 is 10.6 Å². The fourth-order valence-corrected chi connectivity index (χ4v) is 2.65. The lowest BCUT2D eigenvalue weighted by atomic mass is 10.2. The van der Waals surface area contributed by atoms with Crippen LogP contribution in [0.1, 0.15) is 15.9 Å². The SMILES string of the molecule is O=C(Nc1cccc(CN2C(=O)CNC2=O)c1)c1cncc(Br)c1. The van der Waals surface area contributed by atoms with Gasteiger partial charge in [-0.1, -0.05) is 12.1 Å². The van der Waals surface area contributed by atoms with E-state index in [1.165, 1.54) is 6.20 Å². The molecular weight excluding hydrogens is 376 g/mol. The Balaban J connectivity index is 1.72. The number of anilines is 1. The minimum atomic E-state index is -0.408. The van der Waals surface area contributed by atoms with Gasteiger partial charge in [0.15, 0.2) is 0 Å². The summed E-state index contributed by atoms with van der Waals surface area (Å²) >= 11 is 3.27. The lowest BCUT2D eigenvalue weighted by molar-refractivity contribution is -0.125. The van der Waals surface area contributed by atoms with Crippen LogP contribution in [-0.2, 0) is 11.3 Å². The summed E-state index contributed by atoms with van der Waals surface area (Å²) in [7, 11) is 0. The van der Waals surface area contributed by atoms with Gasteiger partial charge in [0.2, 0.25) is 5.91 Å². The molecule has 1 fully saturated rings. The van der Waals surface area contributed by atoms with Crippen LogP contribution in [0.5, 0.6) is 0 Å². The van der Waals surface area contributed by atoms with Crippen molar-refractivity contribution in [1.82, 2.24) is 15.2 Å².